The van der Waals surface area contributed by atoms with Gasteiger partial charge in [0.1, 0.15) is 5.76 Å². The Morgan fingerprint density at radius 3 is 3.00 bits per heavy atom. The summed E-state index contributed by atoms with van der Waals surface area (Å²) in [6.07, 6.45) is 6.18. The standard InChI is InChI=1S/C8H13NO2/c9-6-8(10)11-7-4-2-1-3-5-7/h4H,1-3,5-6,9H2. The van der Waals surface area contributed by atoms with E-state index >= 15 is 0 Å². The summed E-state index contributed by atoms with van der Waals surface area (Å²) in [6, 6.07) is 0. The average Bonchev–Trinajstić information content (AvgIpc) is 2.06. The topological polar surface area (TPSA) is 52.3 Å². The van der Waals surface area contributed by atoms with Crippen molar-refractivity contribution in [2.75, 3.05) is 6.54 Å². The molecule has 0 saturated heterocycles. The largest absolute Gasteiger partial charge is 0.430 e. The highest BCUT2D eigenvalue weighted by Crippen LogP contribution is 2.17. The van der Waals surface area contributed by atoms with Crippen LogP contribution in [0.15, 0.2) is 11.8 Å². The zero-order chi connectivity index (χ0) is 8.10. The zero-order valence-electron chi connectivity index (χ0n) is 6.51. The first-order valence-electron chi connectivity index (χ1n) is 3.92. The minimum absolute atomic E-state index is 0.0304. The molecule has 0 radical (unpaired) electrons. The zero-order valence-corrected chi connectivity index (χ0v) is 6.51. The Hall–Kier alpha value is -0.830. The Bertz CT molecular complexity index is 175. The van der Waals surface area contributed by atoms with E-state index in [0.717, 1.165) is 25.0 Å². The molecule has 1 rings (SSSR count). The highest BCUT2D eigenvalue weighted by Gasteiger charge is 2.07. The van der Waals surface area contributed by atoms with E-state index in [0.29, 0.717) is 0 Å². The summed E-state index contributed by atoms with van der Waals surface area (Å²) in [5.74, 6) is 0.463. The van der Waals surface area contributed by atoms with Crippen LogP contribution in [-0.2, 0) is 9.53 Å². The molecule has 1 aliphatic carbocycles. The van der Waals surface area contributed by atoms with Crippen LogP contribution in [0.25, 0.3) is 0 Å². The molecule has 0 heterocycles. The van der Waals surface area contributed by atoms with Gasteiger partial charge in [-0.05, 0) is 25.3 Å². The lowest BCUT2D eigenvalue weighted by molar-refractivity contribution is -0.138. The summed E-state index contributed by atoms with van der Waals surface area (Å²) in [7, 11) is 0. The Labute approximate surface area is 66.2 Å². The fourth-order valence-electron chi connectivity index (χ4n) is 1.09. The molecule has 0 spiro atoms. The van der Waals surface area contributed by atoms with Crippen LogP contribution in [0.1, 0.15) is 25.7 Å². The molecule has 1 aliphatic rings. The third kappa shape index (κ3) is 2.72. The molecule has 0 unspecified atom stereocenters. The van der Waals surface area contributed by atoms with Crippen molar-refractivity contribution in [2.24, 2.45) is 5.73 Å². The lowest BCUT2D eigenvalue weighted by atomic mass is 10.1. The molecule has 11 heavy (non-hydrogen) atoms. The maximum absolute atomic E-state index is 10.7. The molecule has 0 saturated carbocycles. The monoisotopic (exact) mass is 155 g/mol. The first-order chi connectivity index (χ1) is 5.33. The van der Waals surface area contributed by atoms with Gasteiger partial charge in [0, 0.05) is 6.42 Å². The Kier molecular flexibility index (Phi) is 3.11. The molecule has 3 nitrogen and oxygen atoms in total. The maximum Gasteiger partial charge on any atom is 0.324 e. The number of ether oxygens (including phenoxy) is 1. The minimum atomic E-state index is -0.335. The van der Waals surface area contributed by atoms with Gasteiger partial charge in [0.25, 0.3) is 0 Å². The molecule has 0 fully saturated rings. The number of carbonyl (C=O) groups excluding carboxylic acids is 1. The van der Waals surface area contributed by atoms with Crippen molar-refractivity contribution in [3.8, 4) is 0 Å². The van der Waals surface area contributed by atoms with E-state index in [4.69, 9.17) is 10.5 Å². The third-order valence-electron chi connectivity index (χ3n) is 1.66. The summed E-state index contributed by atoms with van der Waals surface area (Å²) in [5.41, 5.74) is 5.09. The quantitative estimate of drug-likeness (QED) is 0.604. The summed E-state index contributed by atoms with van der Waals surface area (Å²) >= 11 is 0. The van der Waals surface area contributed by atoms with Gasteiger partial charge in [-0.1, -0.05) is 0 Å². The van der Waals surface area contributed by atoms with E-state index in [1.54, 1.807) is 0 Å². The van der Waals surface area contributed by atoms with Crippen LogP contribution in [-0.4, -0.2) is 12.5 Å². The van der Waals surface area contributed by atoms with Crippen molar-refractivity contribution >= 4 is 5.97 Å². The van der Waals surface area contributed by atoms with E-state index in [1.165, 1.54) is 6.42 Å². The van der Waals surface area contributed by atoms with Crippen molar-refractivity contribution < 1.29 is 9.53 Å². The second-order valence-electron chi connectivity index (χ2n) is 2.59. The lowest BCUT2D eigenvalue weighted by Crippen LogP contribution is -2.17. The predicted molar refractivity (Wildman–Crippen MR) is 41.7 cm³/mol. The van der Waals surface area contributed by atoms with Crippen molar-refractivity contribution in [2.45, 2.75) is 25.7 Å². The van der Waals surface area contributed by atoms with Gasteiger partial charge in [0.05, 0.1) is 6.54 Å². The minimum Gasteiger partial charge on any atom is -0.430 e. The number of esters is 1. The van der Waals surface area contributed by atoms with Crippen LogP contribution < -0.4 is 5.73 Å². The number of hydrogen-bond acceptors (Lipinski definition) is 3. The van der Waals surface area contributed by atoms with Crippen LogP contribution in [0.5, 0.6) is 0 Å². The highest BCUT2D eigenvalue weighted by molar-refractivity contribution is 5.72. The van der Waals surface area contributed by atoms with Crippen LogP contribution >= 0.6 is 0 Å². The Balaban J connectivity index is 2.35. The fourth-order valence-corrected chi connectivity index (χ4v) is 1.09. The van der Waals surface area contributed by atoms with Gasteiger partial charge in [-0.25, -0.2) is 0 Å². The smallest absolute Gasteiger partial charge is 0.324 e. The number of nitrogens with two attached hydrogens (primary N) is 1. The average molecular weight is 155 g/mol. The first kappa shape index (κ1) is 8.27. The summed E-state index contributed by atoms with van der Waals surface area (Å²) in [5, 5.41) is 0. The van der Waals surface area contributed by atoms with E-state index < -0.39 is 0 Å². The molecule has 0 bridgehead atoms. The number of carbonyl (C=O) groups is 1. The van der Waals surface area contributed by atoms with Gasteiger partial charge < -0.3 is 10.5 Å². The lowest BCUT2D eigenvalue weighted by Gasteiger charge is -2.11. The Morgan fingerprint density at radius 2 is 2.45 bits per heavy atom. The number of rotatable bonds is 2. The first-order valence-corrected chi connectivity index (χ1v) is 3.92. The van der Waals surface area contributed by atoms with E-state index in [-0.39, 0.29) is 12.5 Å². The third-order valence-corrected chi connectivity index (χ3v) is 1.66. The molecule has 0 amide bonds. The van der Waals surface area contributed by atoms with Gasteiger partial charge in [-0.15, -0.1) is 0 Å². The molecular weight excluding hydrogens is 142 g/mol. The predicted octanol–water partition coefficient (Wildman–Crippen LogP) is 0.946. The van der Waals surface area contributed by atoms with Crippen molar-refractivity contribution in [3.05, 3.63) is 11.8 Å². The van der Waals surface area contributed by atoms with E-state index in [2.05, 4.69) is 0 Å². The van der Waals surface area contributed by atoms with Gasteiger partial charge >= 0.3 is 5.97 Å². The molecule has 2 N–H and O–H groups in total. The van der Waals surface area contributed by atoms with Crippen LogP contribution in [0, 0.1) is 0 Å². The summed E-state index contributed by atoms with van der Waals surface area (Å²) in [4.78, 5) is 10.7. The highest BCUT2D eigenvalue weighted by atomic mass is 16.5. The fraction of sp³-hybridized carbons (Fsp3) is 0.625. The summed E-state index contributed by atoms with van der Waals surface area (Å²) in [6.45, 7) is -0.0304. The molecule has 62 valence electrons. The van der Waals surface area contributed by atoms with Gasteiger partial charge in [0.15, 0.2) is 0 Å². The summed E-state index contributed by atoms with van der Waals surface area (Å²) < 4.78 is 4.94. The van der Waals surface area contributed by atoms with Gasteiger partial charge in [-0.2, -0.15) is 0 Å². The normalized spacial score (nSPS) is 17.4. The molecule has 0 atom stereocenters. The second kappa shape index (κ2) is 4.13. The van der Waals surface area contributed by atoms with Crippen molar-refractivity contribution in [1.82, 2.24) is 0 Å². The van der Waals surface area contributed by atoms with Gasteiger partial charge in [0.2, 0.25) is 0 Å². The molecular formula is C8H13NO2. The molecule has 0 aromatic heterocycles. The second-order valence-corrected chi connectivity index (χ2v) is 2.59. The SMILES string of the molecule is NCC(=O)OC1=CCCCC1. The van der Waals surface area contributed by atoms with Crippen LogP contribution in [0.3, 0.4) is 0 Å². The number of allylic oxidation sites excluding steroid dienone is 2. The van der Waals surface area contributed by atoms with E-state index in [9.17, 15) is 4.79 Å². The van der Waals surface area contributed by atoms with E-state index in [1.807, 2.05) is 6.08 Å². The molecule has 0 aromatic rings. The van der Waals surface area contributed by atoms with Gasteiger partial charge in [-0.3, -0.25) is 4.79 Å². The maximum atomic E-state index is 10.7. The molecule has 0 aromatic carbocycles. The van der Waals surface area contributed by atoms with Crippen LogP contribution in [0.2, 0.25) is 0 Å². The number of hydrogen-bond donors (Lipinski definition) is 1. The molecule has 0 aliphatic heterocycles. The molecule has 3 heteroatoms. The Morgan fingerprint density at radius 1 is 1.64 bits per heavy atom. The van der Waals surface area contributed by atoms with Crippen molar-refractivity contribution in [3.63, 3.8) is 0 Å². The van der Waals surface area contributed by atoms with Crippen LogP contribution in [0.4, 0.5) is 0 Å². The van der Waals surface area contributed by atoms with Crippen molar-refractivity contribution in [1.29, 1.82) is 0 Å².